The smallest absolute Gasteiger partial charge is 0.225 e. The second-order valence-electron chi connectivity index (χ2n) is 3.57. The number of thiophene rings is 1. The molecule has 0 aliphatic rings. The minimum Gasteiger partial charge on any atom is -0.396 e. The van der Waals surface area contributed by atoms with Crippen molar-refractivity contribution in [1.82, 2.24) is 5.32 Å². The van der Waals surface area contributed by atoms with Crippen LogP contribution in [0.25, 0.3) is 0 Å². The molecule has 1 atom stereocenters. The second kappa shape index (κ2) is 7.04. The summed E-state index contributed by atoms with van der Waals surface area (Å²) >= 11 is 4.94. The third-order valence-corrected chi connectivity index (χ3v) is 3.92. The monoisotopic (exact) mass is 305 g/mol. The summed E-state index contributed by atoms with van der Waals surface area (Å²) in [7, 11) is 0. The molecule has 1 aromatic rings. The standard InChI is InChI=1S/C11H16BrNO2S/c1-2-8(5-6-14)13-11(15)7-9-3-4-10(12)16-9/h3-4,8,14H,2,5-7H2,1H3,(H,13,15)/t8-/m1/s1. The molecule has 16 heavy (non-hydrogen) atoms. The molecule has 5 heteroatoms. The van der Waals surface area contributed by atoms with Gasteiger partial charge in [-0.3, -0.25) is 4.79 Å². The molecule has 0 saturated carbocycles. The first-order chi connectivity index (χ1) is 7.65. The molecular formula is C11H16BrNO2S. The van der Waals surface area contributed by atoms with E-state index in [0.717, 1.165) is 15.1 Å². The molecule has 90 valence electrons. The van der Waals surface area contributed by atoms with E-state index in [-0.39, 0.29) is 18.6 Å². The molecule has 2 N–H and O–H groups in total. The van der Waals surface area contributed by atoms with Crippen LogP contribution in [-0.2, 0) is 11.2 Å². The number of carbonyl (C=O) groups is 1. The van der Waals surface area contributed by atoms with Crippen LogP contribution >= 0.6 is 27.3 Å². The van der Waals surface area contributed by atoms with E-state index in [1.54, 1.807) is 11.3 Å². The highest BCUT2D eigenvalue weighted by atomic mass is 79.9. The van der Waals surface area contributed by atoms with E-state index < -0.39 is 0 Å². The first kappa shape index (κ1) is 13.7. The third-order valence-electron chi connectivity index (χ3n) is 2.30. The Balaban J connectivity index is 2.40. The summed E-state index contributed by atoms with van der Waals surface area (Å²) in [5.74, 6) is 0.0228. The molecule has 1 heterocycles. The number of aliphatic hydroxyl groups excluding tert-OH is 1. The van der Waals surface area contributed by atoms with Crippen molar-refractivity contribution in [3.8, 4) is 0 Å². The summed E-state index contributed by atoms with van der Waals surface area (Å²) in [6.45, 7) is 2.12. The molecule has 0 aliphatic carbocycles. The zero-order valence-corrected chi connectivity index (χ0v) is 11.6. The fourth-order valence-electron chi connectivity index (χ4n) is 1.42. The third kappa shape index (κ3) is 4.63. The number of carbonyl (C=O) groups excluding carboxylic acids is 1. The molecule has 0 aliphatic heterocycles. The van der Waals surface area contributed by atoms with E-state index in [2.05, 4.69) is 21.2 Å². The van der Waals surface area contributed by atoms with Gasteiger partial charge in [0, 0.05) is 17.5 Å². The fourth-order valence-corrected chi connectivity index (χ4v) is 2.90. The minimum absolute atomic E-state index is 0.0228. The Labute approximate surface area is 108 Å². The van der Waals surface area contributed by atoms with Crippen LogP contribution in [0.5, 0.6) is 0 Å². The SMILES string of the molecule is CC[C@H](CCO)NC(=O)Cc1ccc(Br)s1. The Kier molecular flexibility index (Phi) is 6.01. The van der Waals surface area contributed by atoms with Crippen molar-refractivity contribution in [2.45, 2.75) is 32.2 Å². The number of halogens is 1. The van der Waals surface area contributed by atoms with Gasteiger partial charge in [0.05, 0.1) is 10.2 Å². The first-order valence-electron chi connectivity index (χ1n) is 5.30. The van der Waals surface area contributed by atoms with E-state index in [9.17, 15) is 4.79 Å². The van der Waals surface area contributed by atoms with Crippen LogP contribution in [0.2, 0.25) is 0 Å². The van der Waals surface area contributed by atoms with Gasteiger partial charge >= 0.3 is 0 Å². The van der Waals surface area contributed by atoms with E-state index in [0.29, 0.717) is 12.8 Å². The fraction of sp³-hybridized carbons (Fsp3) is 0.545. The van der Waals surface area contributed by atoms with Gasteiger partial charge in [-0.15, -0.1) is 11.3 Å². The molecule has 0 fully saturated rings. The summed E-state index contributed by atoms with van der Waals surface area (Å²) < 4.78 is 1.04. The zero-order valence-electron chi connectivity index (χ0n) is 9.20. The van der Waals surface area contributed by atoms with E-state index in [1.165, 1.54) is 0 Å². The molecule has 1 aromatic heterocycles. The van der Waals surface area contributed by atoms with Crippen molar-refractivity contribution in [1.29, 1.82) is 0 Å². The molecule has 1 rings (SSSR count). The summed E-state index contributed by atoms with van der Waals surface area (Å²) in [6.07, 6.45) is 1.88. The van der Waals surface area contributed by atoms with Crippen LogP contribution < -0.4 is 5.32 Å². The number of nitrogens with one attached hydrogen (secondary N) is 1. The Bertz CT molecular complexity index is 340. The number of aliphatic hydroxyl groups is 1. The topological polar surface area (TPSA) is 49.3 Å². The number of hydrogen-bond donors (Lipinski definition) is 2. The lowest BCUT2D eigenvalue weighted by atomic mass is 10.1. The van der Waals surface area contributed by atoms with Crippen LogP contribution in [0.4, 0.5) is 0 Å². The van der Waals surface area contributed by atoms with Crippen molar-refractivity contribution in [3.05, 3.63) is 20.8 Å². The summed E-state index contributed by atoms with van der Waals surface area (Å²) in [4.78, 5) is 12.7. The summed E-state index contributed by atoms with van der Waals surface area (Å²) in [6, 6.07) is 3.97. The molecule has 0 saturated heterocycles. The van der Waals surface area contributed by atoms with Gasteiger partial charge in [0.15, 0.2) is 0 Å². The largest absolute Gasteiger partial charge is 0.396 e. The summed E-state index contributed by atoms with van der Waals surface area (Å²) in [5, 5.41) is 11.7. The van der Waals surface area contributed by atoms with Crippen LogP contribution in [-0.4, -0.2) is 23.7 Å². The second-order valence-corrected chi connectivity index (χ2v) is 6.12. The van der Waals surface area contributed by atoms with E-state index in [1.807, 2.05) is 19.1 Å². The molecule has 0 spiro atoms. The Hall–Kier alpha value is -0.390. The van der Waals surface area contributed by atoms with Crippen LogP contribution in [0.15, 0.2) is 15.9 Å². The first-order valence-corrected chi connectivity index (χ1v) is 6.91. The lowest BCUT2D eigenvalue weighted by Gasteiger charge is -2.15. The summed E-state index contributed by atoms with van der Waals surface area (Å²) in [5.41, 5.74) is 0. The van der Waals surface area contributed by atoms with Gasteiger partial charge in [0.1, 0.15) is 0 Å². The lowest BCUT2D eigenvalue weighted by Crippen LogP contribution is -2.35. The zero-order chi connectivity index (χ0) is 12.0. The molecule has 1 amide bonds. The van der Waals surface area contributed by atoms with Crippen molar-refractivity contribution in [2.75, 3.05) is 6.61 Å². The average Bonchev–Trinajstić information content (AvgIpc) is 2.63. The quantitative estimate of drug-likeness (QED) is 0.847. The van der Waals surface area contributed by atoms with Gasteiger partial charge in [-0.2, -0.15) is 0 Å². The van der Waals surface area contributed by atoms with Crippen LogP contribution in [0.3, 0.4) is 0 Å². The molecular weight excluding hydrogens is 290 g/mol. The van der Waals surface area contributed by atoms with Crippen molar-refractivity contribution >= 4 is 33.2 Å². The molecule has 0 bridgehead atoms. The van der Waals surface area contributed by atoms with Gasteiger partial charge in [-0.25, -0.2) is 0 Å². The van der Waals surface area contributed by atoms with Crippen LogP contribution in [0, 0.1) is 0 Å². The maximum atomic E-state index is 11.7. The predicted octanol–water partition coefficient (Wildman–Crippen LogP) is 2.33. The van der Waals surface area contributed by atoms with Gasteiger partial charge in [-0.05, 0) is 40.9 Å². The highest BCUT2D eigenvalue weighted by Crippen LogP contribution is 2.22. The Morgan fingerprint density at radius 2 is 2.38 bits per heavy atom. The molecule has 0 unspecified atom stereocenters. The van der Waals surface area contributed by atoms with Gasteiger partial charge in [0.2, 0.25) is 5.91 Å². The maximum absolute atomic E-state index is 11.7. The minimum atomic E-state index is 0.0228. The average molecular weight is 306 g/mol. The van der Waals surface area contributed by atoms with Crippen molar-refractivity contribution < 1.29 is 9.90 Å². The van der Waals surface area contributed by atoms with Crippen LogP contribution in [0.1, 0.15) is 24.6 Å². The number of hydrogen-bond acceptors (Lipinski definition) is 3. The lowest BCUT2D eigenvalue weighted by molar-refractivity contribution is -0.121. The van der Waals surface area contributed by atoms with Gasteiger partial charge < -0.3 is 10.4 Å². The predicted molar refractivity (Wildman–Crippen MR) is 69.6 cm³/mol. The van der Waals surface area contributed by atoms with Crippen molar-refractivity contribution in [2.24, 2.45) is 0 Å². The number of rotatable bonds is 6. The van der Waals surface area contributed by atoms with Gasteiger partial charge in [0.25, 0.3) is 0 Å². The highest BCUT2D eigenvalue weighted by molar-refractivity contribution is 9.11. The van der Waals surface area contributed by atoms with Gasteiger partial charge in [-0.1, -0.05) is 6.92 Å². The molecule has 0 aromatic carbocycles. The van der Waals surface area contributed by atoms with E-state index in [4.69, 9.17) is 5.11 Å². The Morgan fingerprint density at radius 1 is 1.62 bits per heavy atom. The molecule has 3 nitrogen and oxygen atoms in total. The Morgan fingerprint density at radius 3 is 2.88 bits per heavy atom. The molecule has 0 radical (unpaired) electrons. The number of amides is 1. The maximum Gasteiger partial charge on any atom is 0.225 e. The normalized spacial score (nSPS) is 12.4. The van der Waals surface area contributed by atoms with Crippen molar-refractivity contribution in [3.63, 3.8) is 0 Å². The van der Waals surface area contributed by atoms with E-state index >= 15 is 0 Å². The highest BCUT2D eigenvalue weighted by Gasteiger charge is 2.11.